The van der Waals surface area contributed by atoms with Crippen molar-refractivity contribution >= 4 is 16.8 Å². The van der Waals surface area contributed by atoms with E-state index in [9.17, 15) is 4.79 Å². The van der Waals surface area contributed by atoms with E-state index < -0.39 is 0 Å². The fraction of sp³-hybridized carbons (Fsp3) is 0.250. The summed E-state index contributed by atoms with van der Waals surface area (Å²) in [6.07, 6.45) is 0. The lowest BCUT2D eigenvalue weighted by atomic mass is 10.1. The minimum atomic E-state index is 0.0903. The summed E-state index contributed by atoms with van der Waals surface area (Å²) in [4.78, 5) is 15.0. The SMILES string of the molecule is CCN(Cc1ccccc1)C(=O)c1c(C)c2ccccc2n1C. The van der Waals surface area contributed by atoms with Gasteiger partial charge in [-0.3, -0.25) is 4.79 Å². The van der Waals surface area contributed by atoms with Crippen LogP contribution in [0.15, 0.2) is 54.6 Å². The van der Waals surface area contributed by atoms with Crippen molar-refractivity contribution in [3.63, 3.8) is 0 Å². The second kappa shape index (κ2) is 6.29. The predicted molar refractivity (Wildman–Crippen MR) is 94.5 cm³/mol. The molecule has 0 N–H and O–H groups in total. The fourth-order valence-electron chi connectivity index (χ4n) is 3.17. The Balaban J connectivity index is 1.98. The molecule has 2 aromatic carbocycles. The molecule has 3 nitrogen and oxygen atoms in total. The lowest BCUT2D eigenvalue weighted by Gasteiger charge is -2.22. The first kappa shape index (κ1) is 15.3. The topological polar surface area (TPSA) is 25.2 Å². The maximum Gasteiger partial charge on any atom is 0.271 e. The van der Waals surface area contributed by atoms with Gasteiger partial charge >= 0.3 is 0 Å². The highest BCUT2D eigenvalue weighted by Crippen LogP contribution is 2.25. The summed E-state index contributed by atoms with van der Waals surface area (Å²) >= 11 is 0. The number of nitrogens with zero attached hydrogens (tertiary/aromatic N) is 2. The van der Waals surface area contributed by atoms with Crippen LogP contribution >= 0.6 is 0 Å². The second-order valence-electron chi connectivity index (χ2n) is 5.85. The molecule has 1 aromatic heterocycles. The maximum absolute atomic E-state index is 13.1. The quantitative estimate of drug-likeness (QED) is 0.711. The average Bonchev–Trinajstić information content (AvgIpc) is 2.84. The van der Waals surface area contributed by atoms with Crippen LogP contribution in [0.4, 0.5) is 0 Å². The molecule has 1 heterocycles. The molecule has 0 aliphatic heterocycles. The third-order valence-corrected chi connectivity index (χ3v) is 4.45. The number of benzene rings is 2. The Bertz CT molecular complexity index is 794. The molecule has 0 spiro atoms. The van der Waals surface area contributed by atoms with Crippen molar-refractivity contribution in [2.45, 2.75) is 20.4 Å². The summed E-state index contributed by atoms with van der Waals surface area (Å²) in [5, 5.41) is 1.15. The maximum atomic E-state index is 13.1. The molecule has 0 atom stereocenters. The number of hydrogen-bond acceptors (Lipinski definition) is 1. The Morgan fingerprint density at radius 1 is 1.04 bits per heavy atom. The van der Waals surface area contributed by atoms with Crippen molar-refractivity contribution in [3.05, 3.63) is 71.4 Å². The minimum Gasteiger partial charge on any atom is -0.339 e. The molecule has 3 heteroatoms. The van der Waals surface area contributed by atoms with E-state index in [1.165, 1.54) is 0 Å². The van der Waals surface area contributed by atoms with Gasteiger partial charge in [0, 0.05) is 31.0 Å². The van der Waals surface area contributed by atoms with E-state index in [4.69, 9.17) is 0 Å². The van der Waals surface area contributed by atoms with Gasteiger partial charge in [0.05, 0.1) is 0 Å². The molecular weight excluding hydrogens is 284 g/mol. The normalized spacial score (nSPS) is 10.9. The van der Waals surface area contributed by atoms with E-state index >= 15 is 0 Å². The van der Waals surface area contributed by atoms with Crippen LogP contribution in [0, 0.1) is 6.92 Å². The van der Waals surface area contributed by atoms with Crippen LogP contribution < -0.4 is 0 Å². The molecule has 3 aromatic rings. The molecule has 118 valence electrons. The summed E-state index contributed by atoms with van der Waals surface area (Å²) in [6, 6.07) is 18.3. The number of carbonyl (C=O) groups excluding carboxylic acids is 1. The molecule has 1 amide bonds. The van der Waals surface area contributed by atoms with Crippen LogP contribution in [0.3, 0.4) is 0 Å². The second-order valence-corrected chi connectivity index (χ2v) is 5.85. The van der Waals surface area contributed by atoms with Gasteiger partial charge in [-0.05, 0) is 31.0 Å². The van der Waals surface area contributed by atoms with Crippen molar-refractivity contribution in [1.29, 1.82) is 0 Å². The largest absolute Gasteiger partial charge is 0.339 e. The van der Waals surface area contributed by atoms with E-state index in [1.54, 1.807) is 0 Å². The molecule has 3 rings (SSSR count). The van der Waals surface area contributed by atoms with Gasteiger partial charge in [-0.1, -0.05) is 48.5 Å². The van der Waals surface area contributed by atoms with E-state index in [0.29, 0.717) is 13.1 Å². The number of fused-ring (bicyclic) bond motifs is 1. The fourth-order valence-corrected chi connectivity index (χ4v) is 3.17. The van der Waals surface area contributed by atoms with Gasteiger partial charge in [0.15, 0.2) is 0 Å². The zero-order chi connectivity index (χ0) is 16.4. The number of aryl methyl sites for hydroxylation is 2. The number of hydrogen-bond donors (Lipinski definition) is 0. The molecule has 0 radical (unpaired) electrons. The van der Waals surface area contributed by atoms with Crippen LogP contribution in [-0.4, -0.2) is 21.9 Å². The summed E-state index contributed by atoms with van der Waals surface area (Å²) in [7, 11) is 1.97. The molecule has 0 fully saturated rings. The Morgan fingerprint density at radius 2 is 1.70 bits per heavy atom. The first-order valence-corrected chi connectivity index (χ1v) is 8.00. The number of para-hydroxylation sites is 1. The molecule has 0 aliphatic carbocycles. The molecular formula is C20H22N2O. The van der Waals surface area contributed by atoms with Gasteiger partial charge in [-0.15, -0.1) is 0 Å². The molecule has 23 heavy (non-hydrogen) atoms. The Labute approximate surface area is 137 Å². The first-order valence-electron chi connectivity index (χ1n) is 8.00. The Hall–Kier alpha value is -2.55. The molecule has 0 saturated carbocycles. The highest BCUT2D eigenvalue weighted by Gasteiger charge is 2.22. The van der Waals surface area contributed by atoms with E-state index in [1.807, 2.05) is 60.7 Å². The molecule has 0 bridgehead atoms. The van der Waals surface area contributed by atoms with E-state index in [0.717, 1.165) is 27.7 Å². The number of aromatic nitrogens is 1. The van der Waals surface area contributed by atoms with Crippen molar-refractivity contribution < 1.29 is 4.79 Å². The van der Waals surface area contributed by atoms with Gasteiger partial charge < -0.3 is 9.47 Å². The number of carbonyl (C=O) groups is 1. The summed E-state index contributed by atoms with van der Waals surface area (Å²) in [5.41, 5.74) is 4.09. The molecule has 0 unspecified atom stereocenters. The molecule has 0 aliphatic rings. The zero-order valence-corrected chi connectivity index (χ0v) is 13.9. The highest BCUT2D eigenvalue weighted by atomic mass is 16.2. The van der Waals surface area contributed by atoms with E-state index in [2.05, 4.69) is 24.3 Å². The van der Waals surface area contributed by atoms with Crippen LogP contribution in [0.1, 0.15) is 28.5 Å². The summed E-state index contributed by atoms with van der Waals surface area (Å²) < 4.78 is 2.01. The first-order chi connectivity index (χ1) is 11.1. The van der Waals surface area contributed by atoms with Crippen LogP contribution in [-0.2, 0) is 13.6 Å². The zero-order valence-electron chi connectivity index (χ0n) is 13.9. The van der Waals surface area contributed by atoms with Crippen molar-refractivity contribution in [1.82, 2.24) is 9.47 Å². The van der Waals surface area contributed by atoms with Crippen LogP contribution in [0.5, 0.6) is 0 Å². The van der Waals surface area contributed by atoms with E-state index in [-0.39, 0.29) is 5.91 Å². The van der Waals surface area contributed by atoms with Gasteiger partial charge in [0.2, 0.25) is 0 Å². The third kappa shape index (κ3) is 2.74. The van der Waals surface area contributed by atoms with Gasteiger partial charge in [0.1, 0.15) is 5.69 Å². The minimum absolute atomic E-state index is 0.0903. The standard InChI is InChI=1S/C20H22N2O/c1-4-22(14-16-10-6-5-7-11-16)20(23)19-15(2)17-12-8-9-13-18(17)21(19)3/h5-13H,4,14H2,1-3H3. The van der Waals surface area contributed by atoms with Gasteiger partial charge in [-0.2, -0.15) is 0 Å². The van der Waals surface area contributed by atoms with Gasteiger partial charge in [0.25, 0.3) is 5.91 Å². The lowest BCUT2D eigenvalue weighted by Crippen LogP contribution is -2.32. The monoisotopic (exact) mass is 306 g/mol. The third-order valence-electron chi connectivity index (χ3n) is 4.45. The molecule has 0 saturated heterocycles. The van der Waals surface area contributed by atoms with Gasteiger partial charge in [-0.25, -0.2) is 0 Å². The van der Waals surface area contributed by atoms with Crippen molar-refractivity contribution in [2.24, 2.45) is 7.05 Å². The lowest BCUT2D eigenvalue weighted by molar-refractivity contribution is 0.0742. The van der Waals surface area contributed by atoms with Crippen molar-refractivity contribution in [2.75, 3.05) is 6.54 Å². The van der Waals surface area contributed by atoms with Crippen LogP contribution in [0.2, 0.25) is 0 Å². The Morgan fingerprint density at radius 3 is 2.35 bits per heavy atom. The van der Waals surface area contributed by atoms with Crippen LogP contribution in [0.25, 0.3) is 10.9 Å². The van der Waals surface area contributed by atoms with Crippen molar-refractivity contribution in [3.8, 4) is 0 Å². The Kier molecular flexibility index (Phi) is 4.20. The highest BCUT2D eigenvalue weighted by molar-refractivity contribution is 6.01. The smallest absolute Gasteiger partial charge is 0.271 e. The average molecular weight is 306 g/mol. The summed E-state index contributed by atoms with van der Waals surface area (Å²) in [6.45, 7) is 5.39. The summed E-state index contributed by atoms with van der Waals surface area (Å²) in [5.74, 6) is 0.0903. The number of rotatable bonds is 4. The number of amides is 1. The predicted octanol–water partition coefficient (Wildman–Crippen LogP) is 4.15.